The van der Waals surface area contributed by atoms with Crippen LogP contribution in [0.2, 0.25) is 0 Å². The van der Waals surface area contributed by atoms with E-state index in [1.807, 2.05) is 67.6 Å². The fraction of sp³-hybridized carbons (Fsp3) is 0.143. The smallest absolute Gasteiger partial charge is 0.248 e. The van der Waals surface area contributed by atoms with E-state index in [-0.39, 0.29) is 11.7 Å². The first kappa shape index (κ1) is 17.4. The molecule has 0 atom stereocenters. The van der Waals surface area contributed by atoms with Crippen molar-refractivity contribution in [1.29, 1.82) is 0 Å². The summed E-state index contributed by atoms with van der Waals surface area (Å²) in [6.45, 7) is 1.94. The highest BCUT2D eigenvalue weighted by atomic mass is 16.2. The minimum atomic E-state index is -0.314. The molecule has 0 spiro atoms. The normalized spacial score (nSPS) is 11.5. The lowest BCUT2D eigenvalue weighted by Crippen LogP contribution is -2.25. The van der Waals surface area contributed by atoms with Crippen molar-refractivity contribution in [2.45, 2.75) is 19.8 Å². The van der Waals surface area contributed by atoms with E-state index in [1.54, 1.807) is 12.2 Å². The molecule has 0 saturated heterocycles. The van der Waals surface area contributed by atoms with E-state index in [4.69, 9.17) is 0 Å². The summed E-state index contributed by atoms with van der Waals surface area (Å²) in [6.07, 6.45) is 6.02. The Morgan fingerprint density at radius 3 is 2.08 bits per heavy atom. The number of hydrogen-bond donors (Lipinski definition) is 1. The molecular weight excluding hydrogens is 298 g/mol. The van der Waals surface area contributed by atoms with Crippen LogP contribution in [0.1, 0.15) is 30.9 Å². The largest absolute Gasteiger partial charge is 0.319 e. The molecular formula is C21H21NO2. The molecule has 0 fully saturated rings. The fourth-order valence-corrected chi connectivity index (χ4v) is 2.17. The number of carbonyl (C=O) groups excluding carboxylic acids is 2. The minimum absolute atomic E-state index is 0.0668. The third kappa shape index (κ3) is 5.69. The fourth-order valence-electron chi connectivity index (χ4n) is 2.17. The molecule has 122 valence electrons. The average Bonchev–Trinajstić information content (AvgIpc) is 2.61. The van der Waals surface area contributed by atoms with Crippen molar-refractivity contribution < 1.29 is 9.59 Å². The highest BCUT2D eigenvalue weighted by Gasteiger charge is 2.11. The summed E-state index contributed by atoms with van der Waals surface area (Å²) in [4.78, 5) is 24.4. The number of ketones is 1. The second kappa shape index (κ2) is 9.26. The van der Waals surface area contributed by atoms with Gasteiger partial charge in [0.25, 0.3) is 0 Å². The Morgan fingerprint density at radius 2 is 1.50 bits per heavy atom. The minimum Gasteiger partial charge on any atom is -0.319 e. The van der Waals surface area contributed by atoms with Crippen LogP contribution >= 0.6 is 0 Å². The first-order valence-electron chi connectivity index (χ1n) is 8.03. The third-order valence-corrected chi connectivity index (χ3v) is 3.37. The molecule has 24 heavy (non-hydrogen) atoms. The van der Waals surface area contributed by atoms with E-state index in [1.165, 1.54) is 6.08 Å². The number of Topliss-reactive ketones (excluding diaryl/α,β-unsaturated/α-hetero) is 1. The zero-order valence-electron chi connectivity index (χ0n) is 13.7. The Balaban J connectivity index is 2.13. The SMILES string of the molecule is CCCC(=O)/C(=C/c1ccccc1)NC(=O)/C=C/c1ccccc1. The second-order valence-electron chi connectivity index (χ2n) is 5.38. The predicted octanol–water partition coefficient (Wildman–Crippen LogP) is 4.23. The lowest BCUT2D eigenvalue weighted by Gasteiger charge is -2.07. The van der Waals surface area contributed by atoms with Gasteiger partial charge < -0.3 is 5.32 Å². The van der Waals surface area contributed by atoms with Crippen molar-refractivity contribution in [1.82, 2.24) is 5.32 Å². The molecule has 0 aromatic heterocycles. The molecule has 2 aromatic rings. The van der Waals surface area contributed by atoms with Gasteiger partial charge >= 0.3 is 0 Å². The number of hydrogen-bond acceptors (Lipinski definition) is 2. The van der Waals surface area contributed by atoms with E-state index in [0.717, 1.165) is 17.5 Å². The molecule has 3 heteroatoms. The molecule has 0 unspecified atom stereocenters. The number of amides is 1. The van der Waals surface area contributed by atoms with E-state index in [2.05, 4.69) is 5.32 Å². The molecule has 2 aromatic carbocycles. The number of rotatable bonds is 7. The zero-order valence-corrected chi connectivity index (χ0v) is 13.7. The molecule has 1 N–H and O–H groups in total. The van der Waals surface area contributed by atoms with Crippen LogP contribution in [-0.2, 0) is 9.59 Å². The molecule has 0 aliphatic heterocycles. The molecule has 0 aliphatic carbocycles. The van der Waals surface area contributed by atoms with Crippen LogP contribution in [0, 0.1) is 0 Å². The zero-order chi connectivity index (χ0) is 17.2. The highest BCUT2D eigenvalue weighted by molar-refractivity contribution is 6.05. The molecule has 0 heterocycles. The Hall–Kier alpha value is -2.94. The number of carbonyl (C=O) groups is 2. The van der Waals surface area contributed by atoms with Gasteiger partial charge in [0.2, 0.25) is 5.91 Å². The Labute approximate surface area is 142 Å². The molecule has 3 nitrogen and oxygen atoms in total. The van der Waals surface area contributed by atoms with E-state index >= 15 is 0 Å². The molecule has 2 rings (SSSR count). The first-order valence-corrected chi connectivity index (χ1v) is 8.03. The predicted molar refractivity (Wildman–Crippen MR) is 98.0 cm³/mol. The number of nitrogens with one attached hydrogen (secondary N) is 1. The summed E-state index contributed by atoms with van der Waals surface area (Å²) >= 11 is 0. The van der Waals surface area contributed by atoms with Crippen molar-refractivity contribution in [2.24, 2.45) is 0 Å². The summed E-state index contributed by atoms with van der Waals surface area (Å²) in [5, 5.41) is 2.71. The summed E-state index contributed by atoms with van der Waals surface area (Å²) in [6, 6.07) is 19.0. The van der Waals surface area contributed by atoms with E-state index < -0.39 is 0 Å². The molecule has 0 bridgehead atoms. The lowest BCUT2D eigenvalue weighted by atomic mass is 10.1. The maximum atomic E-state index is 12.3. The van der Waals surface area contributed by atoms with Gasteiger partial charge in [0.1, 0.15) is 0 Å². The van der Waals surface area contributed by atoms with Gasteiger partial charge in [-0.1, -0.05) is 67.6 Å². The van der Waals surface area contributed by atoms with Gasteiger partial charge in [-0.05, 0) is 29.7 Å². The Bertz CT molecular complexity index is 731. The van der Waals surface area contributed by atoms with Crippen LogP contribution in [-0.4, -0.2) is 11.7 Å². The van der Waals surface area contributed by atoms with Gasteiger partial charge in [-0.2, -0.15) is 0 Å². The molecule has 0 saturated carbocycles. The van der Waals surface area contributed by atoms with Crippen molar-refractivity contribution in [2.75, 3.05) is 0 Å². The summed E-state index contributed by atoms with van der Waals surface area (Å²) < 4.78 is 0. The topological polar surface area (TPSA) is 46.2 Å². The van der Waals surface area contributed by atoms with Gasteiger partial charge in [0.15, 0.2) is 5.78 Å². The van der Waals surface area contributed by atoms with Crippen LogP contribution in [0.25, 0.3) is 12.2 Å². The Morgan fingerprint density at radius 1 is 0.917 bits per heavy atom. The van der Waals surface area contributed by atoms with Gasteiger partial charge in [-0.15, -0.1) is 0 Å². The monoisotopic (exact) mass is 319 g/mol. The quantitative estimate of drug-likeness (QED) is 0.776. The molecule has 1 amide bonds. The highest BCUT2D eigenvalue weighted by Crippen LogP contribution is 2.09. The van der Waals surface area contributed by atoms with Crippen LogP contribution in [0.5, 0.6) is 0 Å². The first-order chi connectivity index (χ1) is 11.7. The average molecular weight is 319 g/mol. The van der Waals surface area contributed by atoms with Gasteiger partial charge in [-0.3, -0.25) is 9.59 Å². The number of allylic oxidation sites excluding steroid dienone is 1. The van der Waals surface area contributed by atoms with Gasteiger partial charge in [0, 0.05) is 12.5 Å². The van der Waals surface area contributed by atoms with Crippen LogP contribution < -0.4 is 5.32 Å². The Kier molecular flexibility index (Phi) is 6.72. The summed E-state index contributed by atoms with van der Waals surface area (Å²) in [5.41, 5.74) is 2.14. The second-order valence-corrected chi connectivity index (χ2v) is 5.38. The molecule has 0 aliphatic rings. The van der Waals surface area contributed by atoms with Crippen LogP contribution in [0.3, 0.4) is 0 Å². The van der Waals surface area contributed by atoms with Crippen LogP contribution in [0.4, 0.5) is 0 Å². The number of benzene rings is 2. The summed E-state index contributed by atoms with van der Waals surface area (Å²) in [7, 11) is 0. The van der Waals surface area contributed by atoms with Crippen molar-refractivity contribution in [3.8, 4) is 0 Å². The standard InChI is InChI=1S/C21H21NO2/c1-2-9-20(23)19(16-18-12-7-4-8-13-18)22-21(24)15-14-17-10-5-3-6-11-17/h3-8,10-16H,2,9H2,1H3,(H,22,24)/b15-14+,19-16-. The molecule has 0 radical (unpaired) electrons. The van der Waals surface area contributed by atoms with Crippen LogP contribution in [0.15, 0.2) is 72.4 Å². The summed E-state index contributed by atoms with van der Waals surface area (Å²) in [5.74, 6) is -0.381. The van der Waals surface area contributed by atoms with E-state index in [9.17, 15) is 9.59 Å². The lowest BCUT2D eigenvalue weighted by molar-refractivity contribution is -0.120. The van der Waals surface area contributed by atoms with Crippen molar-refractivity contribution in [3.05, 3.63) is 83.6 Å². The van der Waals surface area contributed by atoms with Gasteiger partial charge in [0.05, 0.1) is 5.70 Å². The van der Waals surface area contributed by atoms with E-state index in [0.29, 0.717) is 12.1 Å². The van der Waals surface area contributed by atoms with Crippen molar-refractivity contribution >= 4 is 23.8 Å². The maximum absolute atomic E-state index is 12.3. The third-order valence-electron chi connectivity index (χ3n) is 3.37. The van der Waals surface area contributed by atoms with Crippen molar-refractivity contribution in [3.63, 3.8) is 0 Å². The maximum Gasteiger partial charge on any atom is 0.248 e. The van der Waals surface area contributed by atoms with Gasteiger partial charge in [-0.25, -0.2) is 0 Å².